The topological polar surface area (TPSA) is 109 Å². The van der Waals surface area contributed by atoms with Gasteiger partial charge in [0.15, 0.2) is 5.96 Å². The number of carbonyl (C=O) groups is 2. The fraction of sp³-hybridized carbons (Fsp3) is 0.526. The van der Waals surface area contributed by atoms with Crippen LogP contribution in [-0.2, 0) is 11.2 Å². The van der Waals surface area contributed by atoms with Crippen molar-refractivity contribution >= 4 is 18.0 Å². The average Bonchev–Trinajstić information content (AvgIpc) is 2.68. The number of nitrogens with two attached hydrogens (primary N) is 1. The Bertz CT molecular complexity index is 669. The van der Waals surface area contributed by atoms with E-state index in [1.54, 1.807) is 24.9 Å². The highest BCUT2D eigenvalue weighted by molar-refractivity contribution is 5.94. The van der Waals surface area contributed by atoms with Gasteiger partial charge in [0.05, 0.1) is 6.61 Å². The molecule has 8 heteroatoms. The van der Waals surface area contributed by atoms with Crippen molar-refractivity contribution in [2.24, 2.45) is 10.7 Å². The molecule has 0 aromatic heterocycles. The summed E-state index contributed by atoms with van der Waals surface area (Å²) in [4.78, 5) is 29.5. The Morgan fingerprint density at radius 2 is 2.07 bits per heavy atom. The smallest absolute Gasteiger partial charge is 0.409 e. The van der Waals surface area contributed by atoms with Gasteiger partial charge in [-0.3, -0.25) is 9.79 Å². The third kappa shape index (κ3) is 6.47. The second-order valence-electron chi connectivity index (χ2n) is 6.40. The summed E-state index contributed by atoms with van der Waals surface area (Å²) in [5, 5.41) is 5.84. The number of amides is 2. The quantitative estimate of drug-likeness (QED) is 0.510. The number of aliphatic imine (C=N–C) groups is 1. The van der Waals surface area contributed by atoms with Crippen LogP contribution < -0.4 is 16.4 Å². The van der Waals surface area contributed by atoms with Gasteiger partial charge in [-0.05, 0) is 43.9 Å². The first-order valence-electron chi connectivity index (χ1n) is 9.32. The van der Waals surface area contributed by atoms with Crippen molar-refractivity contribution in [1.29, 1.82) is 0 Å². The summed E-state index contributed by atoms with van der Waals surface area (Å²) in [6.07, 6.45) is 2.07. The summed E-state index contributed by atoms with van der Waals surface area (Å²) in [5.74, 6) is 0.308. The molecule has 27 heavy (non-hydrogen) atoms. The van der Waals surface area contributed by atoms with Gasteiger partial charge in [0.25, 0.3) is 5.91 Å². The lowest BCUT2D eigenvalue weighted by atomic mass is 10.1. The summed E-state index contributed by atoms with van der Waals surface area (Å²) >= 11 is 0. The van der Waals surface area contributed by atoms with Crippen LogP contribution >= 0.6 is 0 Å². The molecule has 8 nitrogen and oxygen atoms in total. The van der Waals surface area contributed by atoms with Gasteiger partial charge in [0.1, 0.15) is 0 Å². The predicted octanol–water partition coefficient (Wildman–Crippen LogP) is 1.11. The van der Waals surface area contributed by atoms with E-state index in [1.807, 2.05) is 18.2 Å². The van der Waals surface area contributed by atoms with Crippen LogP contribution in [0.5, 0.6) is 0 Å². The molecule has 1 aromatic carbocycles. The normalized spacial score (nSPS) is 15.3. The zero-order chi connectivity index (χ0) is 19.6. The third-order valence-electron chi connectivity index (χ3n) is 4.47. The zero-order valence-electron chi connectivity index (χ0n) is 16.0. The number of hydrogen-bond acceptors (Lipinski definition) is 4. The highest BCUT2D eigenvalue weighted by Crippen LogP contribution is 2.11. The summed E-state index contributed by atoms with van der Waals surface area (Å²) in [6, 6.07) is 7.68. The van der Waals surface area contributed by atoms with E-state index in [2.05, 4.69) is 15.6 Å². The highest BCUT2D eigenvalue weighted by atomic mass is 16.6. The maximum absolute atomic E-state index is 11.7. The molecule has 0 atom stereocenters. The second kappa shape index (κ2) is 10.4. The number of nitrogens with one attached hydrogen (secondary N) is 2. The molecule has 0 bridgehead atoms. The number of benzene rings is 1. The molecule has 1 heterocycles. The van der Waals surface area contributed by atoms with Gasteiger partial charge in [0.2, 0.25) is 0 Å². The molecule has 1 saturated heterocycles. The third-order valence-corrected chi connectivity index (χ3v) is 4.47. The van der Waals surface area contributed by atoms with Crippen LogP contribution in [0, 0.1) is 0 Å². The summed E-state index contributed by atoms with van der Waals surface area (Å²) in [7, 11) is 1.61. The number of likely N-dealkylation sites (tertiary alicyclic amines) is 1. The summed E-state index contributed by atoms with van der Waals surface area (Å²) < 4.78 is 5.02. The van der Waals surface area contributed by atoms with Crippen LogP contribution in [0.3, 0.4) is 0 Å². The van der Waals surface area contributed by atoms with Crippen LogP contribution in [-0.4, -0.2) is 62.2 Å². The molecule has 2 amide bonds. The maximum Gasteiger partial charge on any atom is 0.409 e. The second-order valence-corrected chi connectivity index (χ2v) is 6.40. The van der Waals surface area contributed by atoms with E-state index in [4.69, 9.17) is 10.5 Å². The Kier molecular flexibility index (Phi) is 7.91. The molecule has 148 valence electrons. The molecule has 4 N–H and O–H groups in total. The fourth-order valence-electron chi connectivity index (χ4n) is 2.99. The van der Waals surface area contributed by atoms with Crippen LogP contribution in [0.1, 0.15) is 35.7 Å². The average molecular weight is 375 g/mol. The molecule has 1 aromatic rings. The van der Waals surface area contributed by atoms with E-state index in [1.165, 1.54) is 0 Å². The van der Waals surface area contributed by atoms with E-state index in [-0.39, 0.29) is 18.0 Å². The SMILES string of the molecule is CCOC(=O)N1CCC(NC(N)=NCCc2cccc(C(=O)NC)c2)CC1. The van der Waals surface area contributed by atoms with Crippen molar-refractivity contribution in [2.45, 2.75) is 32.2 Å². The monoisotopic (exact) mass is 375 g/mol. The summed E-state index contributed by atoms with van der Waals surface area (Å²) in [6.45, 7) is 4.03. The van der Waals surface area contributed by atoms with Gasteiger partial charge in [-0.2, -0.15) is 0 Å². The van der Waals surface area contributed by atoms with Crippen molar-refractivity contribution in [3.05, 3.63) is 35.4 Å². The number of piperidine rings is 1. The number of nitrogens with zero attached hydrogens (tertiary/aromatic N) is 2. The lowest BCUT2D eigenvalue weighted by molar-refractivity contribution is 0.0955. The van der Waals surface area contributed by atoms with Crippen LogP contribution in [0.25, 0.3) is 0 Å². The Balaban J connectivity index is 1.75. The van der Waals surface area contributed by atoms with Gasteiger partial charge in [-0.15, -0.1) is 0 Å². The first kappa shape index (κ1) is 20.5. The van der Waals surface area contributed by atoms with E-state index in [9.17, 15) is 9.59 Å². The number of guanidine groups is 1. The van der Waals surface area contributed by atoms with E-state index < -0.39 is 0 Å². The fourth-order valence-corrected chi connectivity index (χ4v) is 2.99. The molecule has 2 rings (SSSR count). The van der Waals surface area contributed by atoms with Crippen LogP contribution in [0.4, 0.5) is 4.79 Å². The largest absolute Gasteiger partial charge is 0.450 e. The minimum atomic E-state index is -0.253. The van der Waals surface area contributed by atoms with Gasteiger partial charge in [-0.25, -0.2) is 4.79 Å². The highest BCUT2D eigenvalue weighted by Gasteiger charge is 2.23. The van der Waals surface area contributed by atoms with Crippen molar-refractivity contribution in [3.8, 4) is 0 Å². The van der Waals surface area contributed by atoms with Gasteiger partial charge < -0.3 is 26.0 Å². The molecule has 0 aliphatic carbocycles. The maximum atomic E-state index is 11.7. The van der Waals surface area contributed by atoms with E-state index in [0.29, 0.717) is 44.2 Å². The lowest BCUT2D eigenvalue weighted by Gasteiger charge is -2.31. The standard InChI is InChI=1S/C19H29N5O3/c1-3-27-19(26)24-11-8-16(9-12-24)23-18(20)22-10-7-14-5-4-6-15(13-14)17(25)21-2/h4-6,13,16H,3,7-12H2,1-2H3,(H,21,25)(H3,20,22,23). The first-order valence-corrected chi connectivity index (χ1v) is 9.32. The molecule has 1 aliphatic heterocycles. The van der Waals surface area contributed by atoms with Crippen LogP contribution in [0.15, 0.2) is 29.3 Å². The molecular weight excluding hydrogens is 346 g/mol. The number of hydrogen-bond donors (Lipinski definition) is 3. The molecule has 0 saturated carbocycles. The molecule has 0 spiro atoms. The van der Waals surface area contributed by atoms with E-state index >= 15 is 0 Å². The minimum Gasteiger partial charge on any atom is -0.450 e. The zero-order valence-corrected chi connectivity index (χ0v) is 16.0. The molecule has 0 radical (unpaired) electrons. The molecule has 1 aliphatic rings. The van der Waals surface area contributed by atoms with Crippen molar-refractivity contribution in [2.75, 3.05) is 33.3 Å². The Hall–Kier alpha value is -2.77. The molecule has 1 fully saturated rings. The van der Waals surface area contributed by atoms with Gasteiger partial charge >= 0.3 is 6.09 Å². The Morgan fingerprint density at radius 1 is 1.33 bits per heavy atom. The van der Waals surface area contributed by atoms with Crippen LogP contribution in [0.2, 0.25) is 0 Å². The first-order chi connectivity index (χ1) is 13.0. The lowest BCUT2D eigenvalue weighted by Crippen LogP contribution is -2.48. The number of ether oxygens (including phenoxy) is 1. The predicted molar refractivity (Wildman–Crippen MR) is 105 cm³/mol. The summed E-state index contributed by atoms with van der Waals surface area (Å²) in [5.41, 5.74) is 7.65. The van der Waals surface area contributed by atoms with Crippen molar-refractivity contribution in [3.63, 3.8) is 0 Å². The minimum absolute atomic E-state index is 0.101. The van der Waals surface area contributed by atoms with Crippen molar-refractivity contribution < 1.29 is 14.3 Å². The van der Waals surface area contributed by atoms with Gasteiger partial charge in [0, 0.05) is 38.3 Å². The van der Waals surface area contributed by atoms with Gasteiger partial charge in [-0.1, -0.05) is 12.1 Å². The van der Waals surface area contributed by atoms with Crippen molar-refractivity contribution in [1.82, 2.24) is 15.5 Å². The molecule has 0 unspecified atom stereocenters. The molecular formula is C19H29N5O3. The Morgan fingerprint density at radius 3 is 2.74 bits per heavy atom. The van der Waals surface area contributed by atoms with E-state index in [0.717, 1.165) is 18.4 Å². The Labute approximate surface area is 160 Å². The number of carbonyl (C=O) groups excluding carboxylic acids is 2. The number of rotatable bonds is 6.